The molecular formula is C18H19BrN2O3S. The van der Waals surface area contributed by atoms with Crippen LogP contribution in [0.5, 0.6) is 0 Å². The molecule has 0 aromatic heterocycles. The lowest BCUT2D eigenvalue weighted by Crippen LogP contribution is -2.29. The second-order valence-corrected chi connectivity index (χ2v) is 8.74. The van der Waals surface area contributed by atoms with Gasteiger partial charge in [0.2, 0.25) is 10.0 Å². The number of nitrogens with zero attached hydrogens (tertiary/aromatic N) is 2. The van der Waals surface area contributed by atoms with Crippen LogP contribution in [-0.4, -0.2) is 38.8 Å². The van der Waals surface area contributed by atoms with Crippen LogP contribution in [0.3, 0.4) is 0 Å². The van der Waals surface area contributed by atoms with Gasteiger partial charge in [0.15, 0.2) is 0 Å². The van der Waals surface area contributed by atoms with Crippen LogP contribution in [0, 0.1) is 0 Å². The average Bonchev–Trinajstić information content (AvgIpc) is 3.17. The Balaban J connectivity index is 1.96. The van der Waals surface area contributed by atoms with Gasteiger partial charge in [-0.15, -0.1) is 0 Å². The zero-order valence-corrected chi connectivity index (χ0v) is 16.3. The summed E-state index contributed by atoms with van der Waals surface area (Å²) in [5.41, 5.74) is 1.07. The SMILES string of the molecule is CN(C(=O)c1cc(S(=O)(=O)N2CCCC2)ccc1Br)c1ccccc1. The molecule has 1 amide bonds. The summed E-state index contributed by atoms with van der Waals surface area (Å²) in [6.07, 6.45) is 1.75. The molecule has 1 heterocycles. The van der Waals surface area contributed by atoms with Gasteiger partial charge < -0.3 is 4.90 Å². The number of hydrogen-bond acceptors (Lipinski definition) is 3. The molecule has 0 spiro atoms. The molecule has 0 aliphatic carbocycles. The minimum absolute atomic E-state index is 0.155. The monoisotopic (exact) mass is 422 g/mol. The molecule has 1 aliphatic heterocycles. The number of sulfonamides is 1. The Bertz CT molecular complexity index is 878. The van der Waals surface area contributed by atoms with Gasteiger partial charge in [0.25, 0.3) is 5.91 Å². The molecule has 0 atom stereocenters. The van der Waals surface area contributed by atoms with Crippen molar-refractivity contribution in [3.63, 3.8) is 0 Å². The predicted molar refractivity (Wildman–Crippen MR) is 101 cm³/mol. The van der Waals surface area contributed by atoms with Crippen molar-refractivity contribution in [2.45, 2.75) is 17.7 Å². The van der Waals surface area contributed by atoms with Crippen LogP contribution in [0.25, 0.3) is 0 Å². The van der Waals surface area contributed by atoms with E-state index in [1.165, 1.54) is 21.3 Å². The van der Waals surface area contributed by atoms with Gasteiger partial charge in [-0.3, -0.25) is 4.79 Å². The fourth-order valence-electron chi connectivity index (χ4n) is 2.86. The molecular weight excluding hydrogens is 404 g/mol. The third-order valence-corrected chi connectivity index (χ3v) is 6.91. The molecule has 5 nitrogen and oxygen atoms in total. The maximum Gasteiger partial charge on any atom is 0.259 e. The molecule has 0 unspecified atom stereocenters. The number of para-hydroxylation sites is 1. The molecule has 0 radical (unpaired) electrons. The summed E-state index contributed by atoms with van der Waals surface area (Å²) in [5.74, 6) is -0.267. The fraction of sp³-hybridized carbons (Fsp3) is 0.278. The predicted octanol–water partition coefficient (Wildman–Crippen LogP) is 3.51. The molecule has 3 rings (SSSR count). The first-order valence-electron chi connectivity index (χ1n) is 8.04. The van der Waals surface area contributed by atoms with Crippen molar-refractivity contribution in [2.24, 2.45) is 0 Å². The molecule has 0 N–H and O–H groups in total. The van der Waals surface area contributed by atoms with E-state index in [9.17, 15) is 13.2 Å². The number of rotatable bonds is 4. The fourth-order valence-corrected chi connectivity index (χ4v) is 4.82. The van der Waals surface area contributed by atoms with E-state index < -0.39 is 10.0 Å². The number of carbonyl (C=O) groups is 1. The van der Waals surface area contributed by atoms with Gasteiger partial charge in [0.05, 0.1) is 10.5 Å². The standard InChI is InChI=1S/C18H19BrN2O3S/c1-20(14-7-3-2-4-8-14)18(22)16-13-15(9-10-17(16)19)25(23,24)21-11-5-6-12-21/h2-4,7-10,13H,5-6,11-12H2,1H3. The topological polar surface area (TPSA) is 57.7 Å². The Morgan fingerprint density at radius 1 is 1.08 bits per heavy atom. The Morgan fingerprint density at radius 3 is 2.36 bits per heavy atom. The number of hydrogen-bond donors (Lipinski definition) is 0. The van der Waals surface area contributed by atoms with Crippen molar-refractivity contribution < 1.29 is 13.2 Å². The normalized spacial score (nSPS) is 15.3. The average molecular weight is 423 g/mol. The lowest BCUT2D eigenvalue weighted by atomic mass is 10.2. The van der Waals surface area contributed by atoms with Crippen LogP contribution in [0.1, 0.15) is 23.2 Å². The Kier molecular flexibility index (Phi) is 5.27. The van der Waals surface area contributed by atoms with E-state index >= 15 is 0 Å². The first kappa shape index (κ1) is 18.1. The van der Waals surface area contributed by atoms with Crippen LogP contribution in [-0.2, 0) is 10.0 Å². The second kappa shape index (κ2) is 7.27. The molecule has 1 fully saturated rings. The molecule has 25 heavy (non-hydrogen) atoms. The van der Waals surface area contributed by atoms with E-state index in [-0.39, 0.29) is 10.8 Å². The van der Waals surface area contributed by atoms with Crippen molar-refractivity contribution in [1.29, 1.82) is 0 Å². The maximum absolute atomic E-state index is 12.9. The summed E-state index contributed by atoms with van der Waals surface area (Å²) in [6, 6.07) is 13.9. The number of halogens is 1. The highest BCUT2D eigenvalue weighted by Crippen LogP contribution is 2.27. The lowest BCUT2D eigenvalue weighted by molar-refractivity contribution is 0.0992. The van der Waals surface area contributed by atoms with Crippen molar-refractivity contribution in [3.05, 3.63) is 58.6 Å². The summed E-state index contributed by atoms with van der Waals surface area (Å²) < 4.78 is 27.5. The molecule has 7 heteroatoms. The van der Waals surface area contributed by atoms with E-state index in [1.807, 2.05) is 30.3 Å². The van der Waals surface area contributed by atoms with E-state index in [0.717, 1.165) is 18.5 Å². The minimum Gasteiger partial charge on any atom is -0.311 e. The number of anilines is 1. The van der Waals surface area contributed by atoms with E-state index in [2.05, 4.69) is 15.9 Å². The van der Waals surface area contributed by atoms with Gasteiger partial charge in [-0.25, -0.2) is 8.42 Å². The second-order valence-electron chi connectivity index (χ2n) is 5.95. The first-order valence-corrected chi connectivity index (χ1v) is 10.3. The number of carbonyl (C=O) groups excluding carboxylic acids is 1. The van der Waals surface area contributed by atoms with Gasteiger partial charge in [-0.1, -0.05) is 18.2 Å². The lowest BCUT2D eigenvalue weighted by Gasteiger charge is -2.20. The molecule has 0 saturated carbocycles. The van der Waals surface area contributed by atoms with E-state index in [0.29, 0.717) is 23.1 Å². The van der Waals surface area contributed by atoms with Crippen LogP contribution in [0.15, 0.2) is 57.9 Å². The molecule has 1 saturated heterocycles. The molecule has 132 valence electrons. The molecule has 2 aromatic carbocycles. The van der Waals surface area contributed by atoms with Gasteiger partial charge in [0.1, 0.15) is 0 Å². The molecule has 1 aliphatic rings. The zero-order valence-electron chi connectivity index (χ0n) is 13.9. The maximum atomic E-state index is 12.9. The number of benzene rings is 2. The van der Waals surface area contributed by atoms with Gasteiger partial charge in [0, 0.05) is 30.3 Å². The van der Waals surface area contributed by atoms with Crippen LogP contribution in [0.2, 0.25) is 0 Å². The highest BCUT2D eigenvalue weighted by molar-refractivity contribution is 9.10. The summed E-state index contributed by atoms with van der Waals surface area (Å²) in [6.45, 7) is 1.07. The van der Waals surface area contributed by atoms with Crippen molar-refractivity contribution in [3.8, 4) is 0 Å². The highest BCUT2D eigenvalue weighted by Gasteiger charge is 2.28. The summed E-state index contributed by atoms with van der Waals surface area (Å²) in [4.78, 5) is 14.5. The van der Waals surface area contributed by atoms with E-state index in [1.54, 1.807) is 13.1 Å². The quantitative estimate of drug-likeness (QED) is 0.757. The van der Waals surface area contributed by atoms with Gasteiger partial charge >= 0.3 is 0 Å². The van der Waals surface area contributed by atoms with Crippen LogP contribution < -0.4 is 4.90 Å². The Labute approximate surface area is 156 Å². The zero-order chi connectivity index (χ0) is 18.0. The van der Waals surface area contributed by atoms with Crippen molar-refractivity contribution in [2.75, 3.05) is 25.0 Å². The largest absolute Gasteiger partial charge is 0.311 e. The van der Waals surface area contributed by atoms with Gasteiger partial charge in [-0.05, 0) is 59.1 Å². The number of amides is 1. The van der Waals surface area contributed by atoms with Crippen molar-refractivity contribution in [1.82, 2.24) is 4.31 Å². The summed E-state index contributed by atoms with van der Waals surface area (Å²) in [5, 5.41) is 0. The highest BCUT2D eigenvalue weighted by atomic mass is 79.9. The molecule has 2 aromatic rings. The summed E-state index contributed by atoms with van der Waals surface area (Å²) >= 11 is 3.37. The van der Waals surface area contributed by atoms with E-state index in [4.69, 9.17) is 0 Å². The Morgan fingerprint density at radius 2 is 1.72 bits per heavy atom. The summed E-state index contributed by atoms with van der Waals surface area (Å²) in [7, 11) is -1.89. The van der Waals surface area contributed by atoms with Crippen LogP contribution >= 0.6 is 15.9 Å². The van der Waals surface area contributed by atoms with Crippen LogP contribution in [0.4, 0.5) is 5.69 Å². The van der Waals surface area contributed by atoms with Gasteiger partial charge in [-0.2, -0.15) is 4.31 Å². The smallest absolute Gasteiger partial charge is 0.259 e. The van der Waals surface area contributed by atoms with Crippen molar-refractivity contribution >= 4 is 37.5 Å². The third kappa shape index (κ3) is 3.63. The minimum atomic E-state index is -3.56. The Hall–Kier alpha value is -1.70. The first-order chi connectivity index (χ1) is 11.9. The molecule has 0 bridgehead atoms. The third-order valence-electron chi connectivity index (χ3n) is 4.32.